The van der Waals surface area contributed by atoms with Crippen molar-refractivity contribution in [2.24, 2.45) is 0 Å². The molecule has 6 aromatic carbocycles. The van der Waals surface area contributed by atoms with Crippen molar-refractivity contribution in [1.82, 2.24) is 29.9 Å². The zero-order valence-corrected chi connectivity index (χ0v) is 26.4. The molecule has 0 radical (unpaired) electrons. The van der Waals surface area contributed by atoms with E-state index in [-0.39, 0.29) is 0 Å². The Kier molecular flexibility index (Phi) is 6.32. The average molecular weight is 645 g/mol. The van der Waals surface area contributed by atoms with Crippen molar-refractivity contribution < 1.29 is 8.83 Å². The van der Waals surface area contributed by atoms with Gasteiger partial charge in [-0.2, -0.15) is 0 Å². The maximum Gasteiger partial charge on any atom is 0.227 e. The third-order valence-corrected chi connectivity index (χ3v) is 8.90. The van der Waals surface area contributed by atoms with Gasteiger partial charge in [0, 0.05) is 39.1 Å². The summed E-state index contributed by atoms with van der Waals surface area (Å²) in [4.78, 5) is 28.9. The monoisotopic (exact) mass is 644 g/mol. The summed E-state index contributed by atoms with van der Waals surface area (Å²) in [7, 11) is 0. The molecule has 0 spiro atoms. The molecule has 4 aromatic heterocycles. The normalized spacial score (nSPS) is 11.6. The van der Waals surface area contributed by atoms with Crippen molar-refractivity contribution in [3.05, 3.63) is 146 Å². The lowest BCUT2D eigenvalue weighted by Crippen LogP contribution is -2.01. The summed E-state index contributed by atoms with van der Waals surface area (Å²) < 4.78 is 12.4. The van der Waals surface area contributed by atoms with Crippen LogP contribution in [0.4, 0.5) is 0 Å². The van der Waals surface area contributed by atoms with Crippen molar-refractivity contribution in [3.8, 4) is 57.0 Å². The summed E-state index contributed by atoms with van der Waals surface area (Å²) in [6, 6.07) is 44.0. The second-order valence-corrected chi connectivity index (χ2v) is 12.0. The first-order chi connectivity index (χ1) is 24.7. The van der Waals surface area contributed by atoms with Crippen LogP contribution >= 0.6 is 0 Å². The minimum Gasteiger partial charge on any atom is -0.456 e. The van der Waals surface area contributed by atoms with E-state index in [9.17, 15) is 0 Å². The van der Waals surface area contributed by atoms with Gasteiger partial charge >= 0.3 is 0 Å². The van der Waals surface area contributed by atoms with Gasteiger partial charge in [-0.15, -0.1) is 0 Å². The smallest absolute Gasteiger partial charge is 0.227 e. The van der Waals surface area contributed by atoms with Gasteiger partial charge < -0.3 is 8.83 Å². The Balaban J connectivity index is 1.04. The van der Waals surface area contributed by atoms with E-state index in [0.717, 1.165) is 66.2 Å². The van der Waals surface area contributed by atoms with Gasteiger partial charge in [-0.05, 0) is 29.0 Å². The summed E-state index contributed by atoms with van der Waals surface area (Å²) in [5.41, 5.74) is 7.95. The number of fused-ring (bicyclic) bond motifs is 5. The fourth-order valence-corrected chi connectivity index (χ4v) is 6.49. The van der Waals surface area contributed by atoms with Crippen LogP contribution in [0.2, 0.25) is 0 Å². The summed E-state index contributed by atoms with van der Waals surface area (Å²) in [6.45, 7) is 0. The Bertz CT molecular complexity index is 2810. The maximum atomic E-state index is 6.34. The molecular weight excluding hydrogens is 621 g/mol. The van der Waals surface area contributed by atoms with Crippen molar-refractivity contribution in [1.29, 1.82) is 0 Å². The molecule has 0 aliphatic heterocycles. The van der Waals surface area contributed by atoms with Crippen molar-refractivity contribution in [2.75, 3.05) is 0 Å². The number of nitrogens with zero attached hydrogens (tertiary/aromatic N) is 6. The standard InChI is InChI=1S/C42H24N6O2/c1-3-11-25(12-4-1)39-46-40(26-13-5-2-6-14-26)48-41(47-39)35-24-43-34(23-44-35)29-18-9-17-28-27(29)16-10-19-31(28)42-45-33-21-32-30-15-7-8-20-36(30)49-37(32)22-38(33)50-42/h1-24H. The summed E-state index contributed by atoms with van der Waals surface area (Å²) in [5.74, 6) is 2.14. The van der Waals surface area contributed by atoms with Crippen molar-refractivity contribution in [3.63, 3.8) is 0 Å². The first-order valence-electron chi connectivity index (χ1n) is 16.2. The highest BCUT2D eigenvalue weighted by Crippen LogP contribution is 2.37. The van der Waals surface area contributed by atoms with Crippen LogP contribution in [0.1, 0.15) is 0 Å². The summed E-state index contributed by atoms with van der Waals surface area (Å²) in [6.07, 6.45) is 3.49. The molecule has 0 saturated carbocycles. The molecule has 0 aliphatic carbocycles. The third kappa shape index (κ3) is 4.70. The predicted octanol–water partition coefficient (Wildman–Crippen LogP) is 10.2. The number of rotatable bonds is 5. The molecule has 0 N–H and O–H groups in total. The first-order valence-corrected chi connectivity index (χ1v) is 16.2. The molecule has 4 heterocycles. The fourth-order valence-electron chi connectivity index (χ4n) is 6.49. The quantitative estimate of drug-likeness (QED) is 0.182. The van der Waals surface area contributed by atoms with Crippen molar-refractivity contribution in [2.45, 2.75) is 0 Å². The topological polar surface area (TPSA) is 104 Å². The minimum absolute atomic E-state index is 0.452. The van der Waals surface area contributed by atoms with E-state index >= 15 is 0 Å². The van der Waals surface area contributed by atoms with E-state index in [4.69, 9.17) is 38.7 Å². The third-order valence-electron chi connectivity index (χ3n) is 8.90. The number of benzene rings is 6. The number of hydrogen-bond acceptors (Lipinski definition) is 8. The zero-order valence-electron chi connectivity index (χ0n) is 26.4. The van der Waals surface area contributed by atoms with E-state index in [1.54, 1.807) is 12.4 Å². The van der Waals surface area contributed by atoms with Crippen LogP contribution in [0.3, 0.4) is 0 Å². The SMILES string of the molecule is c1ccc(-c2nc(-c3ccccc3)nc(-c3cnc(-c4cccc5c(-c6nc7cc8c(cc7o6)oc6ccccc68)cccc45)cn3)n2)cc1. The molecule has 234 valence electrons. The van der Waals surface area contributed by atoms with Gasteiger partial charge in [0.25, 0.3) is 0 Å². The van der Waals surface area contributed by atoms with E-state index in [1.165, 1.54) is 0 Å². The van der Waals surface area contributed by atoms with Crippen LogP contribution in [0.15, 0.2) is 155 Å². The van der Waals surface area contributed by atoms with Gasteiger partial charge in [-0.3, -0.25) is 4.98 Å². The van der Waals surface area contributed by atoms with Crippen LogP contribution in [0, 0.1) is 0 Å². The number of hydrogen-bond donors (Lipinski definition) is 0. The minimum atomic E-state index is 0.452. The maximum absolute atomic E-state index is 6.34. The fraction of sp³-hybridized carbons (Fsp3) is 0. The van der Waals surface area contributed by atoms with Crippen LogP contribution in [-0.2, 0) is 0 Å². The van der Waals surface area contributed by atoms with Gasteiger partial charge in [0.05, 0.1) is 18.1 Å². The number of aromatic nitrogens is 6. The zero-order chi connectivity index (χ0) is 33.0. The van der Waals surface area contributed by atoms with E-state index < -0.39 is 0 Å². The van der Waals surface area contributed by atoms with E-state index in [2.05, 4.69) is 18.2 Å². The molecule has 0 saturated heterocycles. The van der Waals surface area contributed by atoms with E-state index in [1.807, 2.05) is 115 Å². The molecule has 0 amide bonds. The Hall–Kier alpha value is -7.06. The molecular formula is C42H24N6O2. The van der Waals surface area contributed by atoms with Gasteiger partial charge in [-0.1, -0.05) is 109 Å². The van der Waals surface area contributed by atoms with Crippen molar-refractivity contribution >= 4 is 43.8 Å². The first kappa shape index (κ1) is 28.0. The summed E-state index contributed by atoms with van der Waals surface area (Å²) in [5, 5.41) is 4.07. The molecule has 0 atom stereocenters. The average Bonchev–Trinajstić information content (AvgIpc) is 3.77. The van der Waals surface area contributed by atoms with Crippen LogP contribution < -0.4 is 0 Å². The molecule has 0 bridgehead atoms. The van der Waals surface area contributed by atoms with E-state index in [0.29, 0.717) is 34.6 Å². The predicted molar refractivity (Wildman–Crippen MR) is 195 cm³/mol. The molecule has 0 aliphatic rings. The van der Waals surface area contributed by atoms with Crippen LogP contribution in [0.25, 0.3) is 101 Å². The molecule has 0 fully saturated rings. The lowest BCUT2D eigenvalue weighted by Gasteiger charge is -2.10. The highest BCUT2D eigenvalue weighted by Gasteiger charge is 2.18. The molecule has 8 heteroatoms. The number of oxazole rings is 1. The highest BCUT2D eigenvalue weighted by molar-refractivity contribution is 6.09. The lowest BCUT2D eigenvalue weighted by molar-refractivity contribution is 0.618. The summed E-state index contributed by atoms with van der Waals surface area (Å²) >= 11 is 0. The Morgan fingerprint density at radius 3 is 1.70 bits per heavy atom. The Labute approximate surface area is 284 Å². The van der Waals surface area contributed by atoms with Gasteiger partial charge in [0.2, 0.25) is 5.89 Å². The Morgan fingerprint density at radius 2 is 0.980 bits per heavy atom. The number of para-hydroxylation sites is 1. The molecule has 0 unspecified atom stereocenters. The lowest BCUT2D eigenvalue weighted by atomic mass is 9.98. The second kappa shape index (κ2) is 11.3. The second-order valence-electron chi connectivity index (χ2n) is 12.0. The Morgan fingerprint density at radius 1 is 0.380 bits per heavy atom. The molecule has 10 rings (SSSR count). The highest BCUT2D eigenvalue weighted by atomic mass is 16.4. The number of furan rings is 1. The largest absolute Gasteiger partial charge is 0.456 e. The molecule has 8 nitrogen and oxygen atoms in total. The van der Waals surface area contributed by atoms with Crippen LogP contribution in [-0.4, -0.2) is 29.9 Å². The van der Waals surface area contributed by atoms with Gasteiger partial charge in [0.1, 0.15) is 22.4 Å². The van der Waals surface area contributed by atoms with Gasteiger partial charge in [-0.25, -0.2) is 24.9 Å². The molecule has 10 aromatic rings. The van der Waals surface area contributed by atoms with Crippen LogP contribution in [0.5, 0.6) is 0 Å². The molecule has 50 heavy (non-hydrogen) atoms. The van der Waals surface area contributed by atoms with Gasteiger partial charge in [0.15, 0.2) is 23.1 Å².